The number of rotatable bonds is 11. The third-order valence-corrected chi connectivity index (χ3v) is 8.36. The van der Waals surface area contributed by atoms with Crippen molar-refractivity contribution in [3.63, 3.8) is 0 Å². The maximum absolute atomic E-state index is 14.9. The number of nitrogens with one attached hydrogen (secondary N) is 1. The molecule has 1 saturated heterocycles. The Bertz CT molecular complexity index is 1270. The van der Waals surface area contributed by atoms with Crippen molar-refractivity contribution in [2.75, 3.05) is 46.3 Å². The van der Waals surface area contributed by atoms with Crippen molar-refractivity contribution < 1.29 is 41.5 Å². The minimum Gasteiger partial charge on any atom is -0.451 e. The van der Waals surface area contributed by atoms with Crippen molar-refractivity contribution in [2.24, 2.45) is 0 Å². The van der Waals surface area contributed by atoms with E-state index in [0.717, 1.165) is 13.1 Å². The normalized spacial score (nSPS) is 14.7. The Morgan fingerprint density at radius 1 is 1.12 bits per heavy atom. The first-order valence-electron chi connectivity index (χ1n) is 12.4. The van der Waals surface area contributed by atoms with Crippen molar-refractivity contribution in [3.05, 3.63) is 53.1 Å². The van der Waals surface area contributed by atoms with Crippen LogP contribution in [0.3, 0.4) is 0 Å². The number of hydroxylamine groups is 1. The van der Waals surface area contributed by atoms with E-state index in [1.54, 1.807) is 6.92 Å². The van der Waals surface area contributed by atoms with Crippen LogP contribution in [0.25, 0.3) is 0 Å². The van der Waals surface area contributed by atoms with Crippen LogP contribution in [0.2, 0.25) is 5.02 Å². The average Bonchev–Trinajstić information content (AvgIpc) is 2.92. The molecule has 0 radical (unpaired) electrons. The zero-order chi connectivity index (χ0) is 29.4. The summed E-state index contributed by atoms with van der Waals surface area (Å²) < 4.78 is 67.8. The lowest BCUT2D eigenvalue weighted by atomic mass is 10.1. The van der Waals surface area contributed by atoms with Crippen LogP contribution in [0.1, 0.15) is 19.8 Å². The fraction of sp³-hybridized carbons (Fsp3) is 0.440. The molecule has 1 aliphatic heterocycles. The summed E-state index contributed by atoms with van der Waals surface area (Å²) in [6.45, 7) is 1.87. The monoisotopic (exact) mass is 604 g/mol. The van der Waals surface area contributed by atoms with E-state index in [-0.39, 0.29) is 24.9 Å². The van der Waals surface area contributed by atoms with Crippen molar-refractivity contribution >= 4 is 33.6 Å². The number of piperidine rings is 1. The molecule has 0 bridgehead atoms. The summed E-state index contributed by atoms with van der Waals surface area (Å²) in [4.78, 5) is 27.2. The lowest BCUT2D eigenvalue weighted by molar-refractivity contribution is -0.129. The van der Waals surface area contributed by atoms with Crippen molar-refractivity contribution in [2.45, 2.75) is 30.8 Å². The van der Waals surface area contributed by atoms with Gasteiger partial charge in [-0.1, -0.05) is 11.6 Å². The molecule has 1 aliphatic rings. The highest BCUT2D eigenvalue weighted by Gasteiger charge is 2.31. The second-order valence-corrected chi connectivity index (χ2v) is 11.5. The van der Waals surface area contributed by atoms with Gasteiger partial charge in [0.1, 0.15) is 11.9 Å². The first kappa shape index (κ1) is 31.5. The molecule has 11 nitrogen and oxygen atoms in total. The van der Waals surface area contributed by atoms with E-state index in [0.29, 0.717) is 34.3 Å². The van der Waals surface area contributed by atoms with Crippen LogP contribution in [0.15, 0.2) is 41.3 Å². The van der Waals surface area contributed by atoms with Crippen LogP contribution in [0.5, 0.6) is 11.5 Å². The quantitative estimate of drug-likeness (QED) is 0.295. The summed E-state index contributed by atoms with van der Waals surface area (Å²) in [7, 11) is -2.72. The van der Waals surface area contributed by atoms with Gasteiger partial charge in [0.2, 0.25) is 10.0 Å². The van der Waals surface area contributed by atoms with Gasteiger partial charge < -0.3 is 19.3 Å². The minimum atomic E-state index is -4.69. The number of nitrogens with zero attached hydrogens (tertiary/aromatic N) is 3. The number of carbonyl (C=O) groups is 2. The molecule has 220 valence electrons. The molecule has 1 fully saturated rings. The summed E-state index contributed by atoms with van der Waals surface area (Å²) in [5.74, 6) is -4.49. The maximum Gasteiger partial charge on any atom is 0.410 e. The molecule has 0 spiro atoms. The summed E-state index contributed by atoms with van der Waals surface area (Å²) in [5.41, 5.74) is 1.33. The molecule has 0 aromatic heterocycles. The standard InChI is InChI=1S/C25H31ClF2N4O7S/c1-3-31(25(34)39-19-8-10-30(2)11-9-19)12-13-32(16-23(33)29-35)40(36,37)20-14-21(27)24(22(28)15-20)38-18-6-4-17(26)5-7-18/h4-7,14-15,19,35H,3,8-13,16H2,1-2H3,(H,29,33). The number of halogens is 3. The number of likely N-dealkylation sites (tertiary alicyclic amines) is 1. The van der Waals surface area contributed by atoms with Crippen molar-refractivity contribution in [1.29, 1.82) is 0 Å². The molecule has 0 unspecified atom stereocenters. The van der Waals surface area contributed by atoms with E-state index in [1.807, 2.05) is 7.05 Å². The molecule has 40 heavy (non-hydrogen) atoms. The molecule has 2 N–H and O–H groups in total. The smallest absolute Gasteiger partial charge is 0.410 e. The Labute approximate surface area is 236 Å². The first-order chi connectivity index (χ1) is 18.9. The number of benzene rings is 2. The molecule has 0 atom stereocenters. The number of ether oxygens (including phenoxy) is 2. The van der Waals surface area contributed by atoms with Gasteiger partial charge in [0.15, 0.2) is 17.4 Å². The van der Waals surface area contributed by atoms with Gasteiger partial charge in [-0.3, -0.25) is 10.0 Å². The Kier molecular flexibility index (Phi) is 11.0. The van der Waals surface area contributed by atoms with Gasteiger partial charge in [-0.25, -0.2) is 27.5 Å². The topological polar surface area (TPSA) is 129 Å². The van der Waals surface area contributed by atoms with Crippen LogP contribution < -0.4 is 10.2 Å². The van der Waals surface area contributed by atoms with E-state index < -0.39 is 57.4 Å². The van der Waals surface area contributed by atoms with Crippen molar-refractivity contribution in [3.8, 4) is 11.5 Å². The van der Waals surface area contributed by atoms with Gasteiger partial charge in [-0.2, -0.15) is 4.31 Å². The van der Waals surface area contributed by atoms with Crippen LogP contribution >= 0.6 is 11.6 Å². The minimum absolute atomic E-state index is 0.0610. The van der Waals surface area contributed by atoms with E-state index >= 15 is 0 Å². The molecule has 3 rings (SSSR count). The number of amides is 2. The Morgan fingerprint density at radius 3 is 2.27 bits per heavy atom. The van der Waals surface area contributed by atoms with Gasteiger partial charge in [0, 0.05) is 37.7 Å². The van der Waals surface area contributed by atoms with E-state index in [9.17, 15) is 26.8 Å². The molecule has 0 aliphatic carbocycles. The summed E-state index contributed by atoms with van der Waals surface area (Å²) in [5, 5.41) is 9.33. The fourth-order valence-corrected chi connectivity index (χ4v) is 5.50. The second-order valence-electron chi connectivity index (χ2n) is 9.11. The van der Waals surface area contributed by atoms with Crippen LogP contribution in [-0.4, -0.2) is 92.2 Å². The van der Waals surface area contributed by atoms with Gasteiger partial charge in [0.05, 0.1) is 11.4 Å². The summed E-state index contributed by atoms with van der Waals surface area (Å²) in [6.07, 6.45) is 0.386. The predicted octanol–water partition coefficient (Wildman–Crippen LogP) is 3.46. The molecule has 2 aromatic carbocycles. The molecular formula is C25H31ClF2N4O7S. The van der Waals surface area contributed by atoms with Crippen LogP contribution in [-0.2, 0) is 19.6 Å². The van der Waals surface area contributed by atoms with Gasteiger partial charge >= 0.3 is 6.09 Å². The maximum atomic E-state index is 14.9. The molecule has 15 heteroatoms. The highest BCUT2D eigenvalue weighted by molar-refractivity contribution is 7.89. The Hall–Kier alpha value is -3.04. The summed E-state index contributed by atoms with van der Waals surface area (Å²) in [6, 6.07) is 6.74. The number of likely N-dealkylation sites (N-methyl/N-ethyl adjacent to an activating group) is 1. The molecule has 1 heterocycles. The zero-order valence-corrected chi connectivity index (χ0v) is 23.6. The zero-order valence-electron chi connectivity index (χ0n) is 22.0. The predicted molar refractivity (Wildman–Crippen MR) is 141 cm³/mol. The summed E-state index contributed by atoms with van der Waals surface area (Å²) >= 11 is 5.80. The Morgan fingerprint density at radius 2 is 1.73 bits per heavy atom. The Balaban J connectivity index is 1.78. The average molecular weight is 605 g/mol. The lowest BCUT2D eigenvalue weighted by Crippen LogP contribution is -2.46. The molecule has 2 aromatic rings. The van der Waals surface area contributed by atoms with Crippen LogP contribution in [0.4, 0.5) is 13.6 Å². The fourth-order valence-electron chi connectivity index (χ4n) is 3.96. The van der Waals surface area contributed by atoms with E-state index in [1.165, 1.54) is 34.6 Å². The second kappa shape index (κ2) is 14.0. The van der Waals surface area contributed by atoms with Gasteiger partial charge in [0.25, 0.3) is 5.91 Å². The molecular weight excluding hydrogens is 574 g/mol. The van der Waals surface area contributed by atoms with Crippen molar-refractivity contribution in [1.82, 2.24) is 19.6 Å². The van der Waals surface area contributed by atoms with Gasteiger partial charge in [-0.05, 0) is 63.2 Å². The third-order valence-electron chi connectivity index (χ3n) is 6.28. The number of carbonyl (C=O) groups excluding carboxylic acids is 2. The largest absolute Gasteiger partial charge is 0.451 e. The molecule has 0 saturated carbocycles. The van der Waals surface area contributed by atoms with E-state index in [4.69, 9.17) is 26.3 Å². The highest BCUT2D eigenvalue weighted by atomic mass is 35.5. The highest BCUT2D eigenvalue weighted by Crippen LogP contribution is 2.31. The number of sulfonamides is 1. The third kappa shape index (κ3) is 8.24. The van der Waals surface area contributed by atoms with Gasteiger partial charge in [-0.15, -0.1) is 0 Å². The first-order valence-corrected chi connectivity index (χ1v) is 14.3. The SMILES string of the molecule is CCN(CCN(CC(=O)NO)S(=O)(=O)c1cc(F)c(Oc2ccc(Cl)cc2)c(F)c1)C(=O)OC1CCN(C)CC1. The number of hydrogen-bond donors (Lipinski definition) is 2. The van der Waals surface area contributed by atoms with E-state index in [2.05, 4.69) is 4.90 Å². The van der Waals surface area contributed by atoms with Crippen LogP contribution in [0, 0.1) is 11.6 Å². The molecule has 2 amide bonds. The lowest BCUT2D eigenvalue weighted by Gasteiger charge is -2.31. The number of hydrogen-bond acceptors (Lipinski definition) is 8.